The Hall–Kier alpha value is -2.69. The van der Waals surface area contributed by atoms with E-state index in [4.69, 9.17) is 19.9 Å². The molecule has 2 aliphatic heterocycles. The number of carbonyl (C=O) groups is 2. The summed E-state index contributed by atoms with van der Waals surface area (Å²) >= 11 is 0. The van der Waals surface area contributed by atoms with Crippen molar-refractivity contribution in [2.45, 2.75) is 31.5 Å². The first kappa shape index (κ1) is 23.0. The van der Waals surface area contributed by atoms with Gasteiger partial charge in [-0.05, 0) is 51.6 Å². The molecule has 1 saturated heterocycles. The number of hydrazone groups is 1. The molecular weight excluding hydrogens is 402 g/mol. The number of hydrogen-bond donors (Lipinski definition) is 2. The number of piperidine rings is 1. The number of benzene rings is 1. The number of methoxy groups -OCH3 is 1. The monoisotopic (exact) mass is 433 g/mol. The zero-order valence-electron chi connectivity index (χ0n) is 18.5. The summed E-state index contributed by atoms with van der Waals surface area (Å²) in [4.78, 5) is 28.2. The van der Waals surface area contributed by atoms with Crippen molar-refractivity contribution in [1.29, 1.82) is 0 Å². The second kappa shape index (κ2) is 9.21. The van der Waals surface area contributed by atoms with Crippen LogP contribution in [0.3, 0.4) is 0 Å². The Bertz CT molecular complexity index is 845. The molecule has 1 aromatic carbocycles. The molecule has 0 aliphatic carbocycles. The van der Waals surface area contributed by atoms with Crippen LogP contribution in [0.25, 0.3) is 0 Å². The van der Waals surface area contributed by atoms with Crippen LogP contribution >= 0.6 is 0 Å². The SMILES string of the molecule is CCOCCN(C)[C@]12C(=O)NCC[C@@]1(N)C(C(=O)OCC)=NN2c1ccc(OC)cc1. The number of ether oxygens (including phenoxy) is 3. The molecule has 0 bridgehead atoms. The number of carbonyl (C=O) groups excluding carboxylic acids is 2. The molecule has 2 heterocycles. The number of likely N-dealkylation sites (N-methyl/N-ethyl adjacent to an activating group) is 1. The molecule has 1 aromatic rings. The Morgan fingerprint density at radius 2 is 2.00 bits per heavy atom. The van der Waals surface area contributed by atoms with E-state index in [0.717, 1.165) is 0 Å². The molecule has 2 atom stereocenters. The van der Waals surface area contributed by atoms with Crippen LogP contribution in [0.5, 0.6) is 5.75 Å². The molecule has 0 saturated carbocycles. The molecule has 10 nitrogen and oxygen atoms in total. The van der Waals surface area contributed by atoms with E-state index in [2.05, 4.69) is 10.4 Å². The third-order valence-electron chi connectivity index (χ3n) is 5.79. The van der Waals surface area contributed by atoms with Crippen LogP contribution in [-0.4, -0.2) is 80.8 Å². The van der Waals surface area contributed by atoms with E-state index in [1.165, 1.54) is 5.01 Å². The molecule has 0 aromatic heterocycles. The quantitative estimate of drug-likeness (QED) is 0.422. The minimum atomic E-state index is -1.47. The maximum absolute atomic E-state index is 13.5. The van der Waals surface area contributed by atoms with Crippen LogP contribution in [0.4, 0.5) is 5.69 Å². The lowest BCUT2D eigenvalue weighted by Gasteiger charge is -2.52. The summed E-state index contributed by atoms with van der Waals surface area (Å²) in [7, 11) is 3.36. The molecule has 1 fully saturated rings. The first-order valence-electron chi connectivity index (χ1n) is 10.4. The minimum absolute atomic E-state index is 0.0308. The van der Waals surface area contributed by atoms with Gasteiger partial charge in [-0.25, -0.2) is 9.80 Å². The zero-order chi connectivity index (χ0) is 22.6. The average molecular weight is 434 g/mol. The van der Waals surface area contributed by atoms with Crippen molar-refractivity contribution in [1.82, 2.24) is 10.2 Å². The fraction of sp³-hybridized carbons (Fsp3) is 0.571. The summed E-state index contributed by atoms with van der Waals surface area (Å²) in [5.74, 6) is -0.305. The molecule has 3 N–H and O–H groups in total. The van der Waals surface area contributed by atoms with E-state index >= 15 is 0 Å². The van der Waals surface area contributed by atoms with Gasteiger partial charge in [0.25, 0.3) is 5.91 Å². The second-order valence-electron chi connectivity index (χ2n) is 7.45. The number of rotatable bonds is 9. The summed E-state index contributed by atoms with van der Waals surface area (Å²) in [5, 5.41) is 9.03. The third kappa shape index (κ3) is 3.64. The lowest BCUT2D eigenvalue weighted by molar-refractivity contribution is -0.139. The molecule has 2 aliphatic rings. The number of nitrogens with zero attached hydrogens (tertiary/aromatic N) is 3. The van der Waals surface area contributed by atoms with E-state index in [1.54, 1.807) is 50.2 Å². The lowest BCUT2D eigenvalue weighted by atomic mass is 9.74. The topological polar surface area (TPSA) is 119 Å². The molecule has 0 radical (unpaired) electrons. The molecule has 0 unspecified atom stereocenters. The van der Waals surface area contributed by atoms with Gasteiger partial charge in [0.05, 0.1) is 26.0 Å². The highest BCUT2D eigenvalue weighted by molar-refractivity contribution is 6.42. The highest BCUT2D eigenvalue weighted by atomic mass is 16.5. The Balaban J connectivity index is 2.16. The fourth-order valence-corrected chi connectivity index (χ4v) is 4.28. The molecule has 31 heavy (non-hydrogen) atoms. The van der Waals surface area contributed by atoms with Crippen molar-refractivity contribution in [2.24, 2.45) is 10.8 Å². The van der Waals surface area contributed by atoms with Gasteiger partial charge in [-0.15, -0.1) is 0 Å². The zero-order valence-corrected chi connectivity index (χ0v) is 18.5. The van der Waals surface area contributed by atoms with E-state index in [0.29, 0.717) is 44.2 Å². The Kier molecular flexibility index (Phi) is 6.83. The van der Waals surface area contributed by atoms with Gasteiger partial charge in [0, 0.05) is 19.7 Å². The summed E-state index contributed by atoms with van der Waals surface area (Å²) in [6.45, 7) is 5.46. The van der Waals surface area contributed by atoms with Crippen molar-refractivity contribution < 1.29 is 23.8 Å². The standard InChI is InChI=1S/C21H31N5O5/c1-5-30-14-13-25(3)21-19(28)23-12-11-20(21,22)17(18(27)31-6-2)24-26(21)15-7-9-16(29-4)10-8-15/h7-10H,5-6,11-14,22H2,1-4H3,(H,23,28)/t20-,21+/m1/s1. The summed E-state index contributed by atoms with van der Waals surface area (Å²) in [5.41, 5.74) is 4.68. The smallest absolute Gasteiger partial charge is 0.356 e. The van der Waals surface area contributed by atoms with Crippen LogP contribution in [0, 0.1) is 0 Å². The summed E-state index contributed by atoms with van der Waals surface area (Å²) in [6, 6.07) is 7.08. The largest absolute Gasteiger partial charge is 0.497 e. The average Bonchev–Trinajstić information content (AvgIpc) is 3.05. The fourth-order valence-electron chi connectivity index (χ4n) is 4.28. The van der Waals surface area contributed by atoms with Gasteiger partial charge in [-0.2, -0.15) is 5.10 Å². The number of fused-ring (bicyclic) bond motifs is 1. The maximum atomic E-state index is 13.5. The molecule has 170 valence electrons. The number of esters is 1. The van der Waals surface area contributed by atoms with Gasteiger partial charge in [-0.1, -0.05) is 0 Å². The van der Waals surface area contributed by atoms with Crippen molar-refractivity contribution >= 4 is 23.3 Å². The van der Waals surface area contributed by atoms with Crippen molar-refractivity contribution in [3.8, 4) is 5.75 Å². The summed E-state index contributed by atoms with van der Waals surface area (Å²) in [6.07, 6.45) is 0.321. The highest BCUT2D eigenvalue weighted by Crippen LogP contribution is 2.44. The van der Waals surface area contributed by atoms with Gasteiger partial charge in [0.15, 0.2) is 5.71 Å². The van der Waals surface area contributed by atoms with Gasteiger partial charge < -0.3 is 25.3 Å². The predicted molar refractivity (Wildman–Crippen MR) is 116 cm³/mol. The van der Waals surface area contributed by atoms with E-state index < -0.39 is 17.2 Å². The Morgan fingerprint density at radius 1 is 1.29 bits per heavy atom. The lowest BCUT2D eigenvalue weighted by Crippen LogP contribution is -2.82. The van der Waals surface area contributed by atoms with E-state index in [-0.39, 0.29) is 18.2 Å². The van der Waals surface area contributed by atoms with Crippen molar-refractivity contribution in [2.75, 3.05) is 52.1 Å². The Labute approximate surface area is 182 Å². The number of nitrogens with one attached hydrogen (secondary N) is 1. The number of nitrogens with two attached hydrogens (primary N) is 1. The van der Waals surface area contributed by atoms with E-state index in [1.807, 2.05) is 6.92 Å². The number of hydrogen-bond acceptors (Lipinski definition) is 9. The van der Waals surface area contributed by atoms with Crippen LogP contribution in [0.1, 0.15) is 20.3 Å². The van der Waals surface area contributed by atoms with Crippen LogP contribution in [0.15, 0.2) is 29.4 Å². The molecule has 0 spiro atoms. The van der Waals surface area contributed by atoms with Crippen LogP contribution in [0.2, 0.25) is 0 Å². The van der Waals surface area contributed by atoms with E-state index in [9.17, 15) is 9.59 Å². The van der Waals surface area contributed by atoms with Gasteiger partial charge in [-0.3, -0.25) is 9.69 Å². The van der Waals surface area contributed by atoms with Gasteiger partial charge in [0.2, 0.25) is 5.66 Å². The Morgan fingerprint density at radius 3 is 2.61 bits per heavy atom. The summed E-state index contributed by atoms with van der Waals surface area (Å²) < 4.78 is 16.0. The van der Waals surface area contributed by atoms with Crippen molar-refractivity contribution in [3.05, 3.63) is 24.3 Å². The molecule has 3 rings (SSSR count). The number of amides is 1. The van der Waals surface area contributed by atoms with Crippen LogP contribution in [-0.2, 0) is 19.1 Å². The maximum Gasteiger partial charge on any atom is 0.356 e. The minimum Gasteiger partial charge on any atom is -0.497 e. The van der Waals surface area contributed by atoms with Crippen molar-refractivity contribution in [3.63, 3.8) is 0 Å². The molecule has 10 heteroatoms. The first-order chi connectivity index (χ1) is 14.9. The van der Waals surface area contributed by atoms with Gasteiger partial charge >= 0.3 is 5.97 Å². The third-order valence-corrected chi connectivity index (χ3v) is 5.79. The normalized spacial score (nSPS) is 25.2. The first-order valence-corrected chi connectivity index (χ1v) is 10.4. The van der Waals surface area contributed by atoms with Gasteiger partial charge in [0.1, 0.15) is 11.3 Å². The highest BCUT2D eigenvalue weighted by Gasteiger charge is 2.70. The molecular formula is C21H31N5O5. The van der Waals surface area contributed by atoms with Crippen LogP contribution < -0.4 is 20.8 Å². The molecule has 1 amide bonds. The number of anilines is 1. The predicted octanol–water partition coefficient (Wildman–Crippen LogP) is 0.316. The second-order valence-corrected chi connectivity index (χ2v) is 7.45.